The molecule has 0 radical (unpaired) electrons. The van der Waals surface area contributed by atoms with Crippen molar-refractivity contribution in [2.45, 2.75) is 50.1 Å². The molecule has 1 fully saturated rings. The van der Waals surface area contributed by atoms with Crippen molar-refractivity contribution < 1.29 is 4.79 Å². The van der Waals surface area contributed by atoms with Crippen LogP contribution in [0, 0.1) is 5.92 Å². The Morgan fingerprint density at radius 3 is 2.14 bits per heavy atom. The topological polar surface area (TPSA) is 53.2 Å². The lowest BCUT2D eigenvalue weighted by atomic mass is 9.75. The van der Waals surface area contributed by atoms with Crippen LogP contribution in [0.4, 0.5) is 0 Å². The molecule has 1 amide bonds. The summed E-state index contributed by atoms with van der Waals surface area (Å²) in [5.41, 5.74) is 2.58. The number of carbonyl (C=O) groups excluding carboxylic acids is 1. The minimum atomic E-state index is -0.0764. The molecular formula is C25H35N3O. The monoisotopic (exact) mass is 393 g/mol. The van der Waals surface area contributed by atoms with E-state index >= 15 is 0 Å². The largest absolute Gasteiger partial charge is 0.353 e. The lowest BCUT2D eigenvalue weighted by Crippen LogP contribution is -2.50. The van der Waals surface area contributed by atoms with Crippen molar-refractivity contribution in [3.8, 4) is 0 Å². The van der Waals surface area contributed by atoms with E-state index in [0.29, 0.717) is 6.54 Å². The van der Waals surface area contributed by atoms with Gasteiger partial charge in [-0.2, -0.15) is 0 Å². The van der Waals surface area contributed by atoms with Crippen molar-refractivity contribution in [1.29, 1.82) is 0 Å². The third kappa shape index (κ3) is 5.06. The van der Waals surface area contributed by atoms with Crippen molar-refractivity contribution in [2.24, 2.45) is 5.92 Å². The Morgan fingerprint density at radius 1 is 1.00 bits per heavy atom. The first-order chi connectivity index (χ1) is 14.1. The van der Waals surface area contributed by atoms with E-state index in [-0.39, 0.29) is 29.3 Å². The normalized spacial score (nSPS) is 23.9. The zero-order valence-electron chi connectivity index (χ0n) is 17.9. The lowest BCUT2D eigenvalue weighted by molar-refractivity contribution is -0.126. The van der Waals surface area contributed by atoms with Crippen LogP contribution in [0.25, 0.3) is 0 Å². The maximum atomic E-state index is 13.2. The van der Waals surface area contributed by atoms with Crippen LogP contribution in [0.3, 0.4) is 0 Å². The van der Waals surface area contributed by atoms with Gasteiger partial charge in [-0.05, 0) is 56.8 Å². The molecule has 0 aromatic heterocycles. The molecule has 3 N–H and O–H groups in total. The summed E-state index contributed by atoms with van der Waals surface area (Å²) in [5, 5.41) is 10.1. The molecule has 0 saturated heterocycles. The highest BCUT2D eigenvalue weighted by atomic mass is 16.2. The zero-order chi connectivity index (χ0) is 20.7. The highest BCUT2D eigenvalue weighted by Gasteiger charge is 2.36. The Balaban J connectivity index is 1.63. The molecule has 4 heteroatoms. The smallest absolute Gasteiger partial charge is 0.225 e. The first kappa shape index (κ1) is 21.5. The number of rotatable bonds is 8. The summed E-state index contributed by atoms with van der Waals surface area (Å²) in [7, 11) is 3.97. The van der Waals surface area contributed by atoms with Crippen LogP contribution < -0.4 is 16.0 Å². The van der Waals surface area contributed by atoms with Gasteiger partial charge in [0.25, 0.3) is 0 Å². The predicted octanol–water partition coefficient (Wildman–Crippen LogP) is 3.80. The third-order valence-electron chi connectivity index (χ3n) is 6.68. The van der Waals surface area contributed by atoms with Gasteiger partial charge in [0.2, 0.25) is 5.91 Å². The Bertz CT molecular complexity index is 754. The van der Waals surface area contributed by atoms with Crippen LogP contribution in [0.15, 0.2) is 60.7 Å². The second kappa shape index (κ2) is 10.0. The van der Waals surface area contributed by atoms with Crippen LogP contribution in [-0.4, -0.2) is 32.6 Å². The minimum absolute atomic E-state index is 0.0180. The van der Waals surface area contributed by atoms with E-state index in [1.807, 2.05) is 25.2 Å². The maximum absolute atomic E-state index is 13.2. The number of hydrogen-bond acceptors (Lipinski definition) is 3. The minimum Gasteiger partial charge on any atom is -0.353 e. The third-order valence-corrected chi connectivity index (χ3v) is 6.68. The molecule has 0 heterocycles. The van der Waals surface area contributed by atoms with Crippen LogP contribution in [0.2, 0.25) is 0 Å². The van der Waals surface area contributed by atoms with Gasteiger partial charge in [-0.15, -0.1) is 0 Å². The van der Waals surface area contributed by atoms with Crippen molar-refractivity contribution >= 4 is 5.91 Å². The fourth-order valence-corrected chi connectivity index (χ4v) is 4.71. The van der Waals surface area contributed by atoms with E-state index in [0.717, 1.165) is 25.7 Å². The van der Waals surface area contributed by atoms with Gasteiger partial charge in [-0.1, -0.05) is 67.6 Å². The number of carbonyl (C=O) groups is 1. The van der Waals surface area contributed by atoms with Crippen molar-refractivity contribution in [3.63, 3.8) is 0 Å². The van der Waals surface area contributed by atoms with E-state index in [1.54, 1.807) is 0 Å². The molecule has 0 unspecified atom stereocenters. The molecule has 156 valence electrons. The predicted molar refractivity (Wildman–Crippen MR) is 120 cm³/mol. The summed E-state index contributed by atoms with van der Waals surface area (Å²) >= 11 is 0. The van der Waals surface area contributed by atoms with Gasteiger partial charge in [0.05, 0.1) is 5.92 Å². The van der Waals surface area contributed by atoms with Crippen molar-refractivity contribution in [1.82, 2.24) is 16.0 Å². The molecule has 29 heavy (non-hydrogen) atoms. The van der Waals surface area contributed by atoms with Crippen LogP contribution >= 0.6 is 0 Å². The zero-order valence-corrected chi connectivity index (χ0v) is 17.9. The molecule has 0 aliphatic heterocycles. The van der Waals surface area contributed by atoms with Gasteiger partial charge in [0.15, 0.2) is 0 Å². The summed E-state index contributed by atoms with van der Waals surface area (Å²) in [5.74, 6) is 0.262. The molecule has 2 aromatic carbocycles. The average molecular weight is 394 g/mol. The lowest BCUT2D eigenvalue weighted by Gasteiger charge is -2.41. The molecule has 2 atom stereocenters. The molecule has 1 aliphatic carbocycles. The van der Waals surface area contributed by atoms with E-state index in [9.17, 15) is 4.79 Å². The molecule has 0 spiro atoms. The number of hydrogen-bond donors (Lipinski definition) is 3. The average Bonchev–Trinajstić information content (AvgIpc) is 2.79. The van der Waals surface area contributed by atoms with E-state index in [2.05, 4.69) is 72.4 Å². The van der Waals surface area contributed by atoms with Gasteiger partial charge in [0.1, 0.15) is 0 Å². The second-order valence-corrected chi connectivity index (χ2v) is 8.34. The van der Waals surface area contributed by atoms with E-state index in [1.165, 1.54) is 11.1 Å². The highest BCUT2D eigenvalue weighted by Crippen LogP contribution is 2.37. The van der Waals surface area contributed by atoms with Crippen molar-refractivity contribution in [2.75, 3.05) is 20.6 Å². The van der Waals surface area contributed by atoms with Gasteiger partial charge >= 0.3 is 0 Å². The summed E-state index contributed by atoms with van der Waals surface area (Å²) in [6.07, 6.45) is 4.05. The summed E-state index contributed by atoms with van der Waals surface area (Å²) in [4.78, 5) is 13.2. The molecule has 4 nitrogen and oxygen atoms in total. The fourth-order valence-electron chi connectivity index (χ4n) is 4.71. The number of nitrogens with one attached hydrogen (secondary N) is 3. The quantitative estimate of drug-likeness (QED) is 0.639. The van der Waals surface area contributed by atoms with Gasteiger partial charge in [0, 0.05) is 18.1 Å². The number of benzene rings is 2. The molecule has 1 aliphatic rings. The Morgan fingerprint density at radius 2 is 1.59 bits per heavy atom. The molecule has 1 saturated carbocycles. The summed E-state index contributed by atoms with van der Waals surface area (Å²) < 4.78 is 0. The van der Waals surface area contributed by atoms with E-state index in [4.69, 9.17) is 0 Å². The Kier molecular flexibility index (Phi) is 7.45. The SMILES string of the molecule is CNC[C@@H](C(=O)N[C@H]1CC[C@](NC)(c2ccccc2)CC1)[C@@H](C)c1ccccc1. The summed E-state index contributed by atoms with van der Waals surface area (Å²) in [6, 6.07) is 21.3. The highest BCUT2D eigenvalue weighted by molar-refractivity contribution is 5.80. The van der Waals surface area contributed by atoms with Gasteiger partial charge in [-0.3, -0.25) is 4.79 Å². The number of amides is 1. The Labute approximate surface area is 175 Å². The van der Waals surface area contributed by atoms with Crippen LogP contribution in [0.1, 0.15) is 49.7 Å². The van der Waals surface area contributed by atoms with Crippen molar-refractivity contribution in [3.05, 3.63) is 71.8 Å². The van der Waals surface area contributed by atoms with Gasteiger partial charge < -0.3 is 16.0 Å². The first-order valence-electron chi connectivity index (χ1n) is 10.8. The maximum Gasteiger partial charge on any atom is 0.225 e. The summed E-state index contributed by atoms with van der Waals surface area (Å²) in [6.45, 7) is 2.83. The first-order valence-corrected chi connectivity index (χ1v) is 10.8. The molecule has 0 bridgehead atoms. The fraction of sp³-hybridized carbons (Fsp3) is 0.480. The van der Waals surface area contributed by atoms with Crippen LogP contribution in [-0.2, 0) is 10.3 Å². The molecular weight excluding hydrogens is 358 g/mol. The Hall–Kier alpha value is -2.17. The molecule has 2 aromatic rings. The molecule has 3 rings (SSSR count). The second-order valence-electron chi connectivity index (χ2n) is 8.34. The van der Waals surface area contributed by atoms with Crippen LogP contribution in [0.5, 0.6) is 0 Å². The standard InChI is InChI=1S/C25H35N3O/c1-19(20-10-6-4-7-11-20)23(18-26-2)24(29)28-22-14-16-25(27-3,17-15-22)21-12-8-5-9-13-21/h4-13,19,22-23,26-27H,14-18H2,1-3H3,(H,28,29)/t19-,22-,23+,25+/m0/s1. The van der Waals surface area contributed by atoms with Gasteiger partial charge in [-0.25, -0.2) is 0 Å². The van der Waals surface area contributed by atoms with E-state index < -0.39 is 0 Å².